The molecule has 0 saturated carbocycles. The van der Waals surface area contributed by atoms with Crippen molar-refractivity contribution in [2.45, 2.75) is 25.9 Å². The molecule has 3 nitrogen and oxygen atoms in total. The number of hydrogen-bond acceptors (Lipinski definition) is 3. The molecule has 0 fully saturated rings. The molecule has 3 heteroatoms. The molecule has 0 bridgehead atoms. The second-order valence-electron chi connectivity index (χ2n) is 4.24. The molecule has 0 saturated heterocycles. The summed E-state index contributed by atoms with van der Waals surface area (Å²) in [4.78, 5) is 0. The molecule has 0 aliphatic rings. The van der Waals surface area contributed by atoms with Crippen LogP contribution < -0.4 is 5.73 Å². The Morgan fingerprint density at radius 2 is 2.12 bits per heavy atom. The summed E-state index contributed by atoms with van der Waals surface area (Å²) in [5, 5.41) is 11.3. The number of hydrogen-bond donors (Lipinski definition) is 2. The summed E-state index contributed by atoms with van der Waals surface area (Å²) in [5.41, 5.74) is 6.51. The molecular formula is C13H17NO2. The molecule has 1 aromatic heterocycles. The number of nitrogens with two attached hydrogens (primary N) is 1. The van der Waals surface area contributed by atoms with Crippen molar-refractivity contribution >= 4 is 11.0 Å². The highest BCUT2D eigenvalue weighted by molar-refractivity contribution is 5.78. The predicted octanol–water partition coefficient (Wildman–Crippen LogP) is 2.30. The zero-order valence-corrected chi connectivity index (χ0v) is 9.66. The highest BCUT2D eigenvalue weighted by atomic mass is 16.4. The van der Waals surface area contributed by atoms with E-state index in [0.29, 0.717) is 12.2 Å². The van der Waals surface area contributed by atoms with E-state index in [4.69, 9.17) is 10.2 Å². The standard InChI is InChI=1S/C13H17NO2/c1-3-13(15,8-14)12-7-10-6-9(2)4-5-11(10)16-12/h4-7,15H,3,8,14H2,1-2H3. The Morgan fingerprint density at radius 1 is 1.38 bits per heavy atom. The fourth-order valence-corrected chi connectivity index (χ4v) is 1.81. The fourth-order valence-electron chi connectivity index (χ4n) is 1.81. The van der Waals surface area contributed by atoms with Gasteiger partial charge in [-0.2, -0.15) is 0 Å². The van der Waals surface area contributed by atoms with Crippen LogP contribution in [0.2, 0.25) is 0 Å². The number of aryl methyl sites for hydroxylation is 1. The molecule has 1 unspecified atom stereocenters. The molecule has 86 valence electrons. The van der Waals surface area contributed by atoms with Crippen molar-refractivity contribution in [3.05, 3.63) is 35.6 Å². The third kappa shape index (κ3) is 1.72. The third-order valence-corrected chi connectivity index (χ3v) is 3.05. The number of aliphatic hydroxyl groups is 1. The third-order valence-electron chi connectivity index (χ3n) is 3.05. The van der Waals surface area contributed by atoms with Crippen molar-refractivity contribution in [3.8, 4) is 0 Å². The average molecular weight is 219 g/mol. The summed E-state index contributed by atoms with van der Waals surface area (Å²) in [7, 11) is 0. The lowest BCUT2D eigenvalue weighted by Crippen LogP contribution is -2.33. The number of furan rings is 1. The minimum absolute atomic E-state index is 0.169. The Hall–Kier alpha value is -1.32. The van der Waals surface area contributed by atoms with E-state index in [1.54, 1.807) is 0 Å². The maximum atomic E-state index is 10.3. The monoisotopic (exact) mass is 219 g/mol. The molecule has 1 aromatic carbocycles. The van der Waals surface area contributed by atoms with E-state index in [-0.39, 0.29) is 6.54 Å². The van der Waals surface area contributed by atoms with Gasteiger partial charge in [0, 0.05) is 11.9 Å². The Kier molecular flexibility index (Phi) is 2.74. The minimum atomic E-state index is -1.05. The summed E-state index contributed by atoms with van der Waals surface area (Å²) >= 11 is 0. The Morgan fingerprint density at radius 3 is 2.75 bits per heavy atom. The van der Waals surface area contributed by atoms with Crippen LogP contribution in [0, 0.1) is 6.92 Å². The summed E-state index contributed by atoms with van der Waals surface area (Å²) in [6.45, 7) is 4.09. The highest BCUT2D eigenvalue weighted by Crippen LogP contribution is 2.30. The van der Waals surface area contributed by atoms with Crippen LogP contribution in [0.1, 0.15) is 24.7 Å². The molecule has 0 aliphatic carbocycles. The van der Waals surface area contributed by atoms with Crippen molar-refractivity contribution in [3.63, 3.8) is 0 Å². The largest absolute Gasteiger partial charge is 0.458 e. The molecule has 0 aliphatic heterocycles. The van der Waals surface area contributed by atoms with E-state index < -0.39 is 5.60 Å². The molecule has 1 heterocycles. The first-order valence-corrected chi connectivity index (χ1v) is 5.52. The van der Waals surface area contributed by atoms with Gasteiger partial charge in [0.1, 0.15) is 16.9 Å². The molecule has 3 N–H and O–H groups in total. The van der Waals surface area contributed by atoms with Crippen LogP contribution in [0.4, 0.5) is 0 Å². The van der Waals surface area contributed by atoms with Crippen molar-refractivity contribution in [2.75, 3.05) is 6.54 Å². The van der Waals surface area contributed by atoms with Gasteiger partial charge in [-0.05, 0) is 31.5 Å². The molecule has 1 atom stereocenters. The Balaban J connectivity index is 2.54. The number of rotatable bonds is 3. The molecule has 2 aromatic rings. The molecular weight excluding hydrogens is 202 g/mol. The van der Waals surface area contributed by atoms with E-state index in [9.17, 15) is 5.11 Å². The Bertz CT molecular complexity index is 498. The molecule has 2 rings (SSSR count). The zero-order chi connectivity index (χ0) is 11.8. The highest BCUT2D eigenvalue weighted by Gasteiger charge is 2.29. The van der Waals surface area contributed by atoms with Gasteiger partial charge in [0.05, 0.1) is 0 Å². The maximum Gasteiger partial charge on any atom is 0.138 e. The molecule has 16 heavy (non-hydrogen) atoms. The summed E-state index contributed by atoms with van der Waals surface area (Å²) in [6.07, 6.45) is 0.544. The first kappa shape index (κ1) is 11.2. The lowest BCUT2D eigenvalue weighted by atomic mass is 9.97. The van der Waals surface area contributed by atoms with E-state index in [2.05, 4.69) is 0 Å². The van der Waals surface area contributed by atoms with Gasteiger partial charge in [0.25, 0.3) is 0 Å². The smallest absolute Gasteiger partial charge is 0.138 e. The van der Waals surface area contributed by atoms with Crippen LogP contribution in [0.25, 0.3) is 11.0 Å². The van der Waals surface area contributed by atoms with Gasteiger partial charge in [0.15, 0.2) is 0 Å². The summed E-state index contributed by atoms with van der Waals surface area (Å²) < 4.78 is 5.64. The van der Waals surface area contributed by atoms with Gasteiger partial charge < -0.3 is 15.3 Å². The summed E-state index contributed by atoms with van der Waals surface area (Å²) in [6, 6.07) is 7.82. The maximum absolute atomic E-state index is 10.3. The zero-order valence-electron chi connectivity index (χ0n) is 9.66. The number of fused-ring (bicyclic) bond motifs is 1. The lowest BCUT2D eigenvalue weighted by molar-refractivity contribution is 0.0213. The normalized spacial score (nSPS) is 15.2. The van der Waals surface area contributed by atoms with Gasteiger partial charge in [-0.1, -0.05) is 18.6 Å². The second kappa shape index (κ2) is 3.92. The van der Waals surface area contributed by atoms with Crippen molar-refractivity contribution in [2.24, 2.45) is 5.73 Å². The topological polar surface area (TPSA) is 59.4 Å². The van der Waals surface area contributed by atoms with E-state index >= 15 is 0 Å². The summed E-state index contributed by atoms with van der Waals surface area (Å²) in [5.74, 6) is 0.554. The lowest BCUT2D eigenvalue weighted by Gasteiger charge is -2.21. The number of benzene rings is 1. The van der Waals surface area contributed by atoms with Gasteiger partial charge in [0.2, 0.25) is 0 Å². The second-order valence-corrected chi connectivity index (χ2v) is 4.24. The average Bonchev–Trinajstić information content (AvgIpc) is 2.71. The van der Waals surface area contributed by atoms with Crippen molar-refractivity contribution in [1.29, 1.82) is 0 Å². The van der Waals surface area contributed by atoms with Crippen molar-refractivity contribution < 1.29 is 9.52 Å². The predicted molar refractivity (Wildman–Crippen MR) is 64.2 cm³/mol. The van der Waals surface area contributed by atoms with Crippen LogP contribution >= 0.6 is 0 Å². The van der Waals surface area contributed by atoms with Gasteiger partial charge in [-0.25, -0.2) is 0 Å². The Labute approximate surface area is 94.9 Å². The van der Waals surface area contributed by atoms with E-state index in [1.165, 1.54) is 5.56 Å². The van der Waals surface area contributed by atoms with Gasteiger partial charge in [-0.15, -0.1) is 0 Å². The van der Waals surface area contributed by atoms with Crippen LogP contribution in [0.3, 0.4) is 0 Å². The molecule has 0 radical (unpaired) electrons. The van der Waals surface area contributed by atoms with E-state index in [0.717, 1.165) is 11.0 Å². The molecule has 0 amide bonds. The van der Waals surface area contributed by atoms with Gasteiger partial charge >= 0.3 is 0 Å². The first-order chi connectivity index (χ1) is 7.59. The van der Waals surface area contributed by atoms with Gasteiger partial charge in [-0.3, -0.25) is 0 Å². The first-order valence-electron chi connectivity index (χ1n) is 5.52. The van der Waals surface area contributed by atoms with Crippen LogP contribution in [0.15, 0.2) is 28.7 Å². The fraction of sp³-hybridized carbons (Fsp3) is 0.385. The van der Waals surface area contributed by atoms with Crippen molar-refractivity contribution in [1.82, 2.24) is 0 Å². The molecule has 0 spiro atoms. The quantitative estimate of drug-likeness (QED) is 0.832. The van der Waals surface area contributed by atoms with Crippen LogP contribution in [-0.2, 0) is 5.60 Å². The SMILES string of the molecule is CCC(O)(CN)c1cc2cc(C)ccc2o1. The minimum Gasteiger partial charge on any atom is -0.458 e. The van der Waals surface area contributed by atoms with E-state index in [1.807, 2.05) is 38.1 Å². The van der Waals surface area contributed by atoms with Crippen LogP contribution in [0.5, 0.6) is 0 Å². The van der Waals surface area contributed by atoms with Crippen LogP contribution in [-0.4, -0.2) is 11.7 Å².